The first-order valence-electron chi connectivity index (χ1n) is 6.14. The number of nitrogens with zero attached hydrogens (tertiary/aromatic N) is 1. The SMILES string of the molecule is CC(CCS)CCN1CCC(C)C1CO. The third-order valence-electron chi connectivity index (χ3n) is 3.72. The Morgan fingerprint density at radius 3 is 2.80 bits per heavy atom. The largest absolute Gasteiger partial charge is 0.395 e. The van der Waals surface area contributed by atoms with Gasteiger partial charge in [-0.2, -0.15) is 12.6 Å². The molecule has 1 heterocycles. The van der Waals surface area contributed by atoms with E-state index in [1.54, 1.807) is 0 Å². The topological polar surface area (TPSA) is 23.5 Å². The van der Waals surface area contributed by atoms with Crippen LogP contribution < -0.4 is 0 Å². The monoisotopic (exact) mass is 231 g/mol. The lowest BCUT2D eigenvalue weighted by Gasteiger charge is -2.26. The summed E-state index contributed by atoms with van der Waals surface area (Å²) in [6, 6.07) is 0.410. The number of rotatable bonds is 6. The zero-order valence-electron chi connectivity index (χ0n) is 10.0. The average molecular weight is 231 g/mol. The third-order valence-corrected chi connectivity index (χ3v) is 3.97. The lowest BCUT2D eigenvalue weighted by Crippen LogP contribution is -2.36. The van der Waals surface area contributed by atoms with Crippen LogP contribution in [0.1, 0.15) is 33.1 Å². The molecule has 0 bridgehead atoms. The molecular weight excluding hydrogens is 206 g/mol. The highest BCUT2D eigenvalue weighted by molar-refractivity contribution is 7.80. The molecule has 0 aromatic carbocycles. The van der Waals surface area contributed by atoms with Crippen LogP contribution >= 0.6 is 12.6 Å². The lowest BCUT2D eigenvalue weighted by atomic mass is 10.0. The summed E-state index contributed by atoms with van der Waals surface area (Å²) in [5.74, 6) is 2.41. The molecule has 0 radical (unpaired) electrons. The van der Waals surface area contributed by atoms with Gasteiger partial charge in [-0.15, -0.1) is 0 Å². The molecule has 3 unspecified atom stereocenters. The Labute approximate surface area is 99.5 Å². The van der Waals surface area contributed by atoms with Crippen molar-refractivity contribution in [1.29, 1.82) is 0 Å². The molecule has 1 fully saturated rings. The van der Waals surface area contributed by atoms with Crippen LogP contribution in [0.5, 0.6) is 0 Å². The minimum atomic E-state index is 0.322. The molecule has 3 heteroatoms. The zero-order chi connectivity index (χ0) is 11.3. The molecule has 2 nitrogen and oxygen atoms in total. The van der Waals surface area contributed by atoms with Gasteiger partial charge in [0.2, 0.25) is 0 Å². The first kappa shape index (κ1) is 13.3. The second-order valence-electron chi connectivity index (χ2n) is 4.96. The highest BCUT2D eigenvalue weighted by atomic mass is 32.1. The molecule has 1 saturated heterocycles. The second-order valence-corrected chi connectivity index (χ2v) is 5.41. The van der Waals surface area contributed by atoms with E-state index in [0.29, 0.717) is 18.6 Å². The lowest BCUT2D eigenvalue weighted by molar-refractivity contribution is 0.134. The summed E-state index contributed by atoms with van der Waals surface area (Å²) < 4.78 is 0. The van der Waals surface area contributed by atoms with Gasteiger partial charge < -0.3 is 5.11 Å². The summed E-state index contributed by atoms with van der Waals surface area (Å²) in [6.45, 7) is 7.17. The number of hydrogen-bond acceptors (Lipinski definition) is 3. The molecule has 0 saturated carbocycles. The fourth-order valence-corrected chi connectivity index (χ4v) is 2.85. The van der Waals surface area contributed by atoms with Crippen molar-refractivity contribution < 1.29 is 5.11 Å². The Morgan fingerprint density at radius 1 is 1.47 bits per heavy atom. The smallest absolute Gasteiger partial charge is 0.0589 e. The Morgan fingerprint density at radius 2 is 2.20 bits per heavy atom. The maximum absolute atomic E-state index is 9.32. The number of likely N-dealkylation sites (tertiary alicyclic amines) is 1. The van der Waals surface area contributed by atoms with Crippen molar-refractivity contribution in [3.8, 4) is 0 Å². The average Bonchev–Trinajstić information content (AvgIpc) is 2.56. The van der Waals surface area contributed by atoms with Crippen molar-refractivity contribution in [2.24, 2.45) is 11.8 Å². The van der Waals surface area contributed by atoms with Gasteiger partial charge in [-0.25, -0.2) is 0 Å². The Hall–Kier alpha value is 0.270. The summed E-state index contributed by atoms with van der Waals surface area (Å²) in [5.41, 5.74) is 0. The fraction of sp³-hybridized carbons (Fsp3) is 1.00. The molecule has 3 atom stereocenters. The van der Waals surface area contributed by atoms with E-state index in [0.717, 1.165) is 18.2 Å². The number of aliphatic hydroxyl groups is 1. The van der Waals surface area contributed by atoms with Crippen LogP contribution in [0.15, 0.2) is 0 Å². The Kier molecular flexibility index (Phi) is 6.02. The summed E-state index contributed by atoms with van der Waals surface area (Å²) in [7, 11) is 0. The number of thiol groups is 1. The van der Waals surface area contributed by atoms with Gasteiger partial charge in [0.25, 0.3) is 0 Å². The van der Waals surface area contributed by atoms with Gasteiger partial charge in [-0.1, -0.05) is 13.8 Å². The highest BCUT2D eigenvalue weighted by Gasteiger charge is 2.29. The normalized spacial score (nSPS) is 29.6. The quantitative estimate of drug-likeness (QED) is 0.683. The van der Waals surface area contributed by atoms with E-state index >= 15 is 0 Å². The molecule has 15 heavy (non-hydrogen) atoms. The Balaban J connectivity index is 2.26. The van der Waals surface area contributed by atoms with Gasteiger partial charge in [0, 0.05) is 6.04 Å². The van der Waals surface area contributed by atoms with E-state index in [1.165, 1.54) is 25.8 Å². The molecule has 0 amide bonds. The first-order valence-corrected chi connectivity index (χ1v) is 6.78. The van der Waals surface area contributed by atoms with E-state index in [2.05, 4.69) is 31.4 Å². The minimum absolute atomic E-state index is 0.322. The molecule has 0 aromatic rings. The standard InChI is InChI=1S/C12H25NOS/c1-10(5-8-15)3-6-13-7-4-11(2)12(13)9-14/h10-12,14-15H,3-9H2,1-2H3. The Bertz CT molecular complexity index is 177. The van der Waals surface area contributed by atoms with E-state index < -0.39 is 0 Å². The van der Waals surface area contributed by atoms with Crippen LogP contribution in [0.25, 0.3) is 0 Å². The predicted octanol–water partition coefficient (Wildman–Crippen LogP) is 2.04. The van der Waals surface area contributed by atoms with E-state index in [4.69, 9.17) is 0 Å². The first-order chi connectivity index (χ1) is 7.19. The van der Waals surface area contributed by atoms with E-state index in [-0.39, 0.29) is 0 Å². The zero-order valence-corrected chi connectivity index (χ0v) is 10.9. The van der Waals surface area contributed by atoms with Crippen LogP contribution in [-0.4, -0.2) is 41.5 Å². The summed E-state index contributed by atoms with van der Waals surface area (Å²) in [5, 5.41) is 9.32. The van der Waals surface area contributed by atoms with Gasteiger partial charge in [-0.3, -0.25) is 4.90 Å². The second kappa shape index (κ2) is 6.77. The minimum Gasteiger partial charge on any atom is -0.395 e. The van der Waals surface area contributed by atoms with Crippen molar-refractivity contribution in [3.05, 3.63) is 0 Å². The molecule has 1 rings (SSSR count). The summed E-state index contributed by atoms with van der Waals surface area (Å²) in [6.07, 6.45) is 3.69. The maximum atomic E-state index is 9.32. The van der Waals surface area contributed by atoms with Crippen LogP contribution in [-0.2, 0) is 0 Å². The van der Waals surface area contributed by atoms with Crippen molar-refractivity contribution in [2.45, 2.75) is 39.2 Å². The molecule has 1 N–H and O–H groups in total. The van der Waals surface area contributed by atoms with Crippen LogP contribution in [0, 0.1) is 11.8 Å². The van der Waals surface area contributed by atoms with Gasteiger partial charge in [0.05, 0.1) is 6.61 Å². The van der Waals surface area contributed by atoms with Gasteiger partial charge >= 0.3 is 0 Å². The fourth-order valence-electron chi connectivity index (χ4n) is 2.41. The van der Waals surface area contributed by atoms with Gasteiger partial charge in [0.1, 0.15) is 0 Å². The van der Waals surface area contributed by atoms with Crippen molar-refractivity contribution in [3.63, 3.8) is 0 Å². The maximum Gasteiger partial charge on any atom is 0.0589 e. The molecule has 1 aliphatic heterocycles. The van der Waals surface area contributed by atoms with Crippen LogP contribution in [0.3, 0.4) is 0 Å². The molecule has 0 spiro atoms. The summed E-state index contributed by atoms with van der Waals surface area (Å²) >= 11 is 4.26. The molecular formula is C12H25NOS. The predicted molar refractivity (Wildman–Crippen MR) is 68.5 cm³/mol. The highest BCUT2D eigenvalue weighted by Crippen LogP contribution is 2.24. The van der Waals surface area contributed by atoms with Crippen molar-refractivity contribution in [1.82, 2.24) is 4.90 Å². The third kappa shape index (κ3) is 3.97. The van der Waals surface area contributed by atoms with Crippen LogP contribution in [0.2, 0.25) is 0 Å². The van der Waals surface area contributed by atoms with Crippen molar-refractivity contribution >= 4 is 12.6 Å². The molecule has 0 aliphatic carbocycles. The summed E-state index contributed by atoms with van der Waals surface area (Å²) in [4.78, 5) is 2.46. The molecule has 0 aromatic heterocycles. The van der Waals surface area contributed by atoms with Crippen LogP contribution in [0.4, 0.5) is 0 Å². The van der Waals surface area contributed by atoms with E-state index in [1.807, 2.05) is 0 Å². The molecule has 1 aliphatic rings. The van der Waals surface area contributed by atoms with E-state index in [9.17, 15) is 5.11 Å². The van der Waals surface area contributed by atoms with Crippen molar-refractivity contribution in [2.75, 3.05) is 25.4 Å². The van der Waals surface area contributed by atoms with Gasteiger partial charge in [-0.05, 0) is 49.9 Å². The van der Waals surface area contributed by atoms with Gasteiger partial charge in [0.15, 0.2) is 0 Å². The molecule has 90 valence electrons. The number of aliphatic hydroxyl groups excluding tert-OH is 1. The number of hydrogen-bond donors (Lipinski definition) is 2.